The van der Waals surface area contributed by atoms with Crippen molar-refractivity contribution in [1.29, 1.82) is 0 Å². The summed E-state index contributed by atoms with van der Waals surface area (Å²) in [6.07, 6.45) is 0. The smallest absolute Gasteiger partial charge is 0.340 e. The van der Waals surface area contributed by atoms with E-state index >= 15 is 0 Å². The highest BCUT2D eigenvalue weighted by atomic mass is 32.1. The molecule has 0 aliphatic carbocycles. The quantitative estimate of drug-likeness (QED) is 0.282. The van der Waals surface area contributed by atoms with Gasteiger partial charge in [0.05, 0.1) is 12.7 Å². The molecule has 0 atom stereocenters. The van der Waals surface area contributed by atoms with Gasteiger partial charge >= 0.3 is 5.97 Å². The number of amides is 1. The van der Waals surface area contributed by atoms with Crippen LogP contribution in [0.4, 0.5) is 5.00 Å². The molecule has 2 aromatic carbocycles. The highest BCUT2D eigenvalue weighted by molar-refractivity contribution is 7.16. The molecule has 0 saturated carbocycles. The first kappa shape index (κ1) is 24.3. The number of carbonyl (C=O) groups is 2. The summed E-state index contributed by atoms with van der Waals surface area (Å²) < 4.78 is 16.3. The molecule has 0 radical (unpaired) electrons. The van der Waals surface area contributed by atoms with Gasteiger partial charge in [-0.1, -0.05) is 56.3 Å². The Labute approximate surface area is 208 Å². The van der Waals surface area contributed by atoms with Crippen LogP contribution in [-0.2, 0) is 16.8 Å². The van der Waals surface area contributed by atoms with Gasteiger partial charge in [-0.05, 0) is 48.4 Å². The largest absolute Gasteiger partial charge is 0.486 e. The van der Waals surface area contributed by atoms with Gasteiger partial charge in [0.1, 0.15) is 23.1 Å². The van der Waals surface area contributed by atoms with Crippen molar-refractivity contribution in [2.75, 3.05) is 12.4 Å². The second kappa shape index (κ2) is 10.2. The highest BCUT2D eigenvalue weighted by Gasteiger charge is 2.23. The maximum Gasteiger partial charge on any atom is 0.340 e. The zero-order valence-corrected chi connectivity index (χ0v) is 20.9. The molecule has 0 spiro atoms. The van der Waals surface area contributed by atoms with E-state index in [2.05, 4.69) is 43.4 Å². The van der Waals surface area contributed by atoms with Gasteiger partial charge < -0.3 is 19.2 Å². The first-order valence-electron chi connectivity index (χ1n) is 11.2. The van der Waals surface area contributed by atoms with Crippen LogP contribution < -0.4 is 10.1 Å². The van der Waals surface area contributed by atoms with E-state index < -0.39 is 11.9 Å². The zero-order chi connectivity index (χ0) is 25.0. The van der Waals surface area contributed by atoms with Gasteiger partial charge in [-0.15, -0.1) is 11.3 Å². The molecule has 35 heavy (non-hydrogen) atoms. The van der Waals surface area contributed by atoms with Gasteiger partial charge in [-0.2, -0.15) is 0 Å². The number of methoxy groups -OCH3 is 1. The number of hydrogen-bond acceptors (Lipinski definition) is 6. The third-order valence-corrected chi connectivity index (χ3v) is 6.79. The van der Waals surface area contributed by atoms with Crippen LogP contribution in [0, 0.1) is 6.92 Å². The predicted octanol–water partition coefficient (Wildman–Crippen LogP) is 6.59. The lowest BCUT2D eigenvalue weighted by Gasteiger charge is -2.26. The van der Waals surface area contributed by atoms with E-state index in [-0.39, 0.29) is 17.8 Å². The number of esters is 1. The van der Waals surface area contributed by atoms with E-state index in [0.29, 0.717) is 22.1 Å². The number of nitrogens with one attached hydrogen (secondary N) is 1. The molecule has 6 nitrogen and oxygen atoms in total. The molecule has 0 saturated heterocycles. The number of carbonyl (C=O) groups excluding carboxylic acids is 2. The van der Waals surface area contributed by atoms with Gasteiger partial charge in [-0.25, -0.2) is 4.79 Å². The van der Waals surface area contributed by atoms with Crippen molar-refractivity contribution < 1.29 is 23.5 Å². The number of aryl methyl sites for hydroxylation is 1. The van der Waals surface area contributed by atoms with Crippen molar-refractivity contribution in [1.82, 2.24) is 0 Å². The summed E-state index contributed by atoms with van der Waals surface area (Å²) in [5, 5.41) is 3.15. The van der Waals surface area contributed by atoms with Crippen molar-refractivity contribution in [3.05, 3.63) is 106 Å². The monoisotopic (exact) mass is 489 g/mol. The lowest BCUT2D eigenvalue weighted by Crippen LogP contribution is -2.18. The fourth-order valence-electron chi connectivity index (χ4n) is 3.75. The molecule has 1 amide bonds. The molecule has 2 heterocycles. The standard InChI is InChI=1S/C28H27NO5S/c1-18-16-23(27(31)32-4)26(35-18)29-25(30)24-15-14-22(34-24)17-33-21-12-10-20(11-13-21)28(2,3)19-8-6-5-7-9-19/h5-16H,17H2,1-4H3,(H,29,30). The maximum atomic E-state index is 12.6. The van der Waals surface area contributed by atoms with E-state index in [0.717, 1.165) is 4.88 Å². The van der Waals surface area contributed by atoms with Gasteiger partial charge in [0.15, 0.2) is 5.76 Å². The summed E-state index contributed by atoms with van der Waals surface area (Å²) >= 11 is 1.30. The Hall–Kier alpha value is -3.84. The van der Waals surface area contributed by atoms with Crippen LogP contribution in [0.2, 0.25) is 0 Å². The number of benzene rings is 2. The fourth-order valence-corrected chi connectivity index (χ4v) is 4.65. The van der Waals surface area contributed by atoms with E-state index in [1.54, 1.807) is 18.2 Å². The molecule has 7 heteroatoms. The molecule has 180 valence electrons. The van der Waals surface area contributed by atoms with Crippen LogP contribution in [0.25, 0.3) is 0 Å². The van der Waals surface area contributed by atoms with E-state index in [4.69, 9.17) is 13.9 Å². The number of rotatable bonds is 8. The lowest BCUT2D eigenvalue weighted by molar-refractivity contribution is 0.0602. The first-order chi connectivity index (χ1) is 16.8. The van der Waals surface area contributed by atoms with Crippen molar-refractivity contribution in [2.45, 2.75) is 32.8 Å². The molecule has 2 aromatic heterocycles. The average molecular weight is 490 g/mol. The SMILES string of the molecule is COC(=O)c1cc(C)sc1NC(=O)c1ccc(COc2ccc(C(C)(C)c3ccccc3)cc2)o1. The molecule has 0 fully saturated rings. The molecule has 0 bridgehead atoms. The second-order valence-electron chi connectivity index (χ2n) is 8.62. The normalized spacial score (nSPS) is 11.2. The van der Waals surface area contributed by atoms with Crippen LogP contribution in [0.1, 0.15) is 56.5 Å². The lowest BCUT2D eigenvalue weighted by atomic mass is 9.78. The van der Waals surface area contributed by atoms with Crippen molar-refractivity contribution in [3.8, 4) is 5.75 Å². The molecule has 4 aromatic rings. The van der Waals surface area contributed by atoms with Gasteiger partial charge in [0.2, 0.25) is 0 Å². The summed E-state index contributed by atoms with van der Waals surface area (Å²) in [6.45, 7) is 6.42. The topological polar surface area (TPSA) is 77.8 Å². The van der Waals surface area contributed by atoms with Crippen LogP contribution >= 0.6 is 11.3 Å². The summed E-state index contributed by atoms with van der Waals surface area (Å²) in [6, 6.07) is 23.3. The Kier molecular flexibility index (Phi) is 7.07. The Morgan fingerprint density at radius 3 is 2.34 bits per heavy atom. The number of anilines is 1. The molecule has 0 aliphatic rings. The number of thiophene rings is 1. The van der Waals surface area contributed by atoms with Crippen LogP contribution in [0.5, 0.6) is 5.75 Å². The Balaban J connectivity index is 1.38. The van der Waals surface area contributed by atoms with E-state index in [9.17, 15) is 9.59 Å². The zero-order valence-electron chi connectivity index (χ0n) is 20.1. The maximum absolute atomic E-state index is 12.6. The predicted molar refractivity (Wildman–Crippen MR) is 136 cm³/mol. The van der Waals surface area contributed by atoms with E-state index in [1.165, 1.54) is 29.6 Å². The molecule has 0 unspecified atom stereocenters. The minimum absolute atomic E-state index is 0.127. The molecule has 1 N–H and O–H groups in total. The number of furan rings is 1. The molecular weight excluding hydrogens is 462 g/mol. The third kappa shape index (κ3) is 5.46. The summed E-state index contributed by atoms with van der Waals surface area (Å²) in [5.41, 5.74) is 2.62. The van der Waals surface area contributed by atoms with Gasteiger partial charge in [0, 0.05) is 10.3 Å². The van der Waals surface area contributed by atoms with Gasteiger partial charge in [-0.3, -0.25) is 4.79 Å². The van der Waals surface area contributed by atoms with Crippen LogP contribution in [0.3, 0.4) is 0 Å². The molecule has 4 rings (SSSR count). The van der Waals surface area contributed by atoms with Crippen molar-refractivity contribution >= 4 is 28.2 Å². The number of hydrogen-bond donors (Lipinski definition) is 1. The van der Waals surface area contributed by atoms with Crippen molar-refractivity contribution in [2.24, 2.45) is 0 Å². The minimum Gasteiger partial charge on any atom is -0.486 e. The summed E-state index contributed by atoms with van der Waals surface area (Å²) in [7, 11) is 1.30. The van der Waals surface area contributed by atoms with Gasteiger partial charge in [0.25, 0.3) is 5.91 Å². The first-order valence-corrected chi connectivity index (χ1v) is 12.0. The fraction of sp³-hybridized carbons (Fsp3) is 0.214. The molecular formula is C28H27NO5S. The molecule has 0 aliphatic heterocycles. The van der Waals surface area contributed by atoms with E-state index in [1.807, 2.05) is 37.3 Å². The van der Waals surface area contributed by atoms with Crippen molar-refractivity contribution in [3.63, 3.8) is 0 Å². The van der Waals surface area contributed by atoms with Crippen LogP contribution in [-0.4, -0.2) is 19.0 Å². The Bertz CT molecular complexity index is 1320. The Morgan fingerprint density at radius 1 is 0.971 bits per heavy atom. The highest BCUT2D eigenvalue weighted by Crippen LogP contribution is 2.32. The minimum atomic E-state index is -0.503. The number of ether oxygens (including phenoxy) is 2. The third-order valence-electron chi connectivity index (χ3n) is 5.83. The summed E-state index contributed by atoms with van der Waals surface area (Å²) in [5.74, 6) is 0.397. The average Bonchev–Trinajstić information content (AvgIpc) is 3.49. The second-order valence-corrected chi connectivity index (χ2v) is 9.87. The summed E-state index contributed by atoms with van der Waals surface area (Å²) in [4.78, 5) is 25.4. The Morgan fingerprint density at radius 2 is 1.66 bits per heavy atom. The van der Waals surface area contributed by atoms with Crippen LogP contribution in [0.15, 0.2) is 77.2 Å².